The van der Waals surface area contributed by atoms with Crippen molar-refractivity contribution < 1.29 is 37.6 Å². The van der Waals surface area contributed by atoms with E-state index in [2.05, 4.69) is 13.8 Å². The van der Waals surface area contributed by atoms with E-state index in [1.807, 2.05) is 0 Å². The molecule has 0 fully saturated rings. The van der Waals surface area contributed by atoms with E-state index < -0.39 is 26.5 Å². The number of carbonyl (C=O) groups is 2. The quantitative estimate of drug-likeness (QED) is 0.0347. The Labute approximate surface area is 537 Å². The Morgan fingerprint density at radius 1 is 0.302 bits per heavy atom. The number of rotatable bonds is 76. The lowest BCUT2D eigenvalue weighted by atomic mass is 10.0. The van der Waals surface area contributed by atoms with Crippen molar-refractivity contribution in [3.05, 3.63) is 0 Å². The highest BCUT2D eigenvalue weighted by Gasteiger charge is 2.26. The summed E-state index contributed by atoms with van der Waals surface area (Å²) in [5.74, 6) is -0.794. The fourth-order valence-corrected chi connectivity index (χ4v) is 13.2. The van der Waals surface area contributed by atoms with Crippen molar-refractivity contribution in [2.45, 2.75) is 450 Å². The zero-order valence-electron chi connectivity index (χ0n) is 58.1. The first-order chi connectivity index (χ1) is 42.3. The first kappa shape index (κ1) is 85.0. The van der Waals surface area contributed by atoms with Crippen LogP contribution in [0.2, 0.25) is 0 Å². The summed E-state index contributed by atoms with van der Waals surface area (Å²) < 4.78 is 33.3. The number of ether oxygens (including phenoxy) is 2. The molecule has 0 bridgehead atoms. The number of esters is 2. The second-order valence-electron chi connectivity index (χ2n) is 27.0. The van der Waals surface area contributed by atoms with Gasteiger partial charge in [-0.1, -0.05) is 418 Å². The molecule has 0 aromatic heterocycles. The smallest absolute Gasteiger partial charge is 0.462 e. The second-order valence-corrected chi connectivity index (χ2v) is 28.4. The molecule has 0 saturated heterocycles. The van der Waals surface area contributed by atoms with E-state index in [1.54, 1.807) is 0 Å². The van der Waals surface area contributed by atoms with E-state index in [4.69, 9.17) is 24.3 Å². The number of phosphoric acid groups is 1. The average molecular weight is 1240 g/mol. The number of hydrogen-bond donors (Lipinski definition) is 2. The molecule has 0 radical (unpaired) electrons. The van der Waals surface area contributed by atoms with Gasteiger partial charge in [0.15, 0.2) is 6.10 Å². The summed E-state index contributed by atoms with van der Waals surface area (Å²) >= 11 is 0. The van der Waals surface area contributed by atoms with E-state index in [-0.39, 0.29) is 32.1 Å². The molecule has 0 aromatic rings. The Morgan fingerprint density at radius 2 is 0.500 bits per heavy atom. The van der Waals surface area contributed by atoms with Gasteiger partial charge in [-0.15, -0.1) is 0 Å². The van der Waals surface area contributed by atoms with Crippen molar-refractivity contribution in [1.29, 1.82) is 0 Å². The standard InChI is InChI=1S/C76H152NO8P/c1-3-5-7-9-11-13-15-17-19-21-23-25-27-29-31-33-35-37-39-41-43-45-47-49-51-53-55-57-59-61-63-65-67-69-76(79)85-74(73-84-86(80,81)83-71-70-77)72-82-75(78)68-66-64-62-60-58-56-54-52-50-48-46-44-42-40-38-36-34-32-30-28-26-24-22-20-18-16-14-12-10-8-6-4-2/h74H,3-73,77H2,1-2H3,(H,80,81). The van der Waals surface area contributed by atoms with Crippen LogP contribution in [0.4, 0.5) is 0 Å². The normalized spacial score (nSPS) is 12.7. The number of hydrogen-bond acceptors (Lipinski definition) is 8. The maximum Gasteiger partial charge on any atom is 0.472 e. The summed E-state index contributed by atoms with van der Waals surface area (Å²) in [6.45, 7) is 3.86. The van der Waals surface area contributed by atoms with Crippen LogP contribution in [0.5, 0.6) is 0 Å². The maximum atomic E-state index is 12.8. The summed E-state index contributed by atoms with van der Waals surface area (Å²) in [6.07, 6.45) is 88.2. The van der Waals surface area contributed by atoms with Crippen molar-refractivity contribution in [3.8, 4) is 0 Å². The molecule has 3 N–H and O–H groups in total. The van der Waals surface area contributed by atoms with E-state index in [1.165, 1.54) is 379 Å². The lowest BCUT2D eigenvalue weighted by Crippen LogP contribution is -2.29. The van der Waals surface area contributed by atoms with Gasteiger partial charge in [0, 0.05) is 19.4 Å². The van der Waals surface area contributed by atoms with Crippen LogP contribution in [-0.4, -0.2) is 49.3 Å². The van der Waals surface area contributed by atoms with Gasteiger partial charge in [0.1, 0.15) is 6.61 Å². The van der Waals surface area contributed by atoms with Crippen LogP contribution < -0.4 is 5.73 Å². The fraction of sp³-hybridized carbons (Fsp3) is 0.974. The number of phosphoric ester groups is 1. The molecule has 0 saturated carbocycles. The molecule has 10 heteroatoms. The van der Waals surface area contributed by atoms with Crippen LogP contribution in [0.3, 0.4) is 0 Å². The predicted octanol–water partition coefficient (Wildman–Crippen LogP) is 25.7. The van der Waals surface area contributed by atoms with Crippen LogP contribution >= 0.6 is 7.82 Å². The second kappa shape index (κ2) is 73.1. The molecule has 0 amide bonds. The lowest BCUT2D eigenvalue weighted by molar-refractivity contribution is -0.161. The zero-order chi connectivity index (χ0) is 62.3. The van der Waals surface area contributed by atoms with Crippen LogP contribution in [0.25, 0.3) is 0 Å². The Balaban J connectivity index is 3.74. The minimum atomic E-state index is -4.39. The van der Waals surface area contributed by atoms with Crippen LogP contribution in [0.15, 0.2) is 0 Å². The van der Waals surface area contributed by atoms with Gasteiger partial charge in [-0.25, -0.2) is 4.57 Å². The molecule has 514 valence electrons. The van der Waals surface area contributed by atoms with E-state index in [9.17, 15) is 19.0 Å². The molecular weight excluding hydrogens is 1090 g/mol. The van der Waals surface area contributed by atoms with E-state index in [0.29, 0.717) is 12.8 Å². The average Bonchev–Trinajstić information content (AvgIpc) is 3.58. The number of nitrogens with two attached hydrogens (primary N) is 1. The van der Waals surface area contributed by atoms with Crippen molar-refractivity contribution in [3.63, 3.8) is 0 Å². The van der Waals surface area contributed by atoms with Gasteiger partial charge < -0.3 is 20.1 Å². The molecule has 0 heterocycles. The summed E-state index contributed by atoms with van der Waals surface area (Å²) in [5.41, 5.74) is 5.41. The zero-order valence-corrected chi connectivity index (χ0v) is 59.0. The third-order valence-corrected chi connectivity index (χ3v) is 19.2. The highest BCUT2D eigenvalue weighted by atomic mass is 31.2. The molecule has 0 spiro atoms. The molecule has 9 nitrogen and oxygen atoms in total. The minimum absolute atomic E-state index is 0.0589. The number of unbranched alkanes of at least 4 members (excludes halogenated alkanes) is 63. The number of carbonyl (C=O) groups excluding carboxylic acids is 2. The third kappa shape index (κ3) is 72.1. The molecule has 0 aromatic carbocycles. The van der Waals surface area contributed by atoms with Gasteiger partial charge in [0.05, 0.1) is 13.2 Å². The van der Waals surface area contributed by atoms with Gasteiger partial charge in [0.25, 0.3) is 0 Å². The molecule has 2 atom stereocenters. The first-order valence-electron chi connectivity index (χ1n) is 39.0. The lowest BCUT2D eigenvalue weighted by Gasteiger charge is -2.19. The Kier molecular flexibility index (Phi) is 72.2. The molecule has 86 heavy (non-hydrogen) atoms. The van der Waals surface area contributed by atoms with Crippen molar-refractivity contribution >= 4 is 19.8 Å². The fourth-order valence-electron chi connectivity index (χ4n) is 12.5. The Bertz CT molecular complexity index is 1370. The molecule has 0 rings (SSSR count). The Morgan fingerprint density at radius 3 is 0.709 bits per heavy atom. The molecule has 0 aliphatic heterocycles. The summed E-state index contributed by atoms with van der Waals surface area (Å²) in [4.78, 5) is 35.4. The SMILES string of the molecule is CCCCCCCCCCCCCCCCCCCCCCCCCCCCCCCCCCCC(=O)OC(COC(=O)CCCCCCCCCCCCCCCCCCCCCCCCCCCCCCCCCC)COP(=O)(O)OCCN. The summed E-state index contributed by atoms with van der Waals surface area (Å²) in [7, 11) is -4.39. The molecule has 2 unspecified atom stereocenters. The van der Waals surface area contributed by atoms with Crippen molar-refractivity contribution in [2.24, 2.45) is 5.73 Å². The van der Waals surface area contributed by atoms with Gasteiger partial charge >= 0.3 is 19.8 Å². The van der Waals surface area contributed by atoms with Gasteiger partial charge in [0.2, 0.25) is 0 Å². The Hall–Kier alpha value is -0.990. The van der Waals surface area contributed by atoms with Gasteiger partial charge in [-0.05, 0) is 12.8 Å². The highest BCUT2D eigenvalue weighted by Crippen LogP contribution is 2.43. The van der Waals surface area contributed by atoms with Gasteiger partial charge in [-0.2, -0.15) is 0 Å². The third-order valence-electron chi connectivity index (χ3n) is 18.2. The highest BCUT2D eigenvalue weighted by molar-refractivity contribution is 7.47. The van der Waals surface area contributed by atoms with Crippen LogP contribution in [0, 0.1) is 0 Å². The largest absolute Gasteiger partial charge is 0.472 e. The summed E-state index contributed by atoms with van der Waals surface area (Å²) in [5, 5.41) is 0. The summed E-state index contributed by atoms with van der Waals surface area (Å²) in [6, 6.07) is 0. The van der Waals surface area contributed by atoms with Crippen LogP contribution in [0.1, 0.15) is 444 Å². The minimum Gasteiger partial charge on any atom is -0.462 e. The van der Waals surface area contributed by atoms with E-state index in [0.717, 1.165) is 32.1 Å². The first-order valence-corrected chi connectivity index (χ1v) is 40.5. The topological polar surface area (TPSA) is 134 Å². The van der Waals surface area contributed by atoms with Crippen molar-refractivity contribution in [1.82, 2.24) is 0 Å². The van der Waals surface area contributed by atoms with Crippen LogP contribution in [-0.2, 0) is 32.7 Å². The molecule has 0 aliphatic rings. The van der Waals surface area contributed by atoms with E-state index >= 15 is 0 Å². The monoisotopic (exact) mass is 1240 g/mol. The molecular formula is C76H152NO8P. The van der Waals surface area contributed by atoms with Gasteiger partial charge in [-0.3, -0.25) is 18.6 Å². The predicted molar refractivity (Wildman–Crippen MR) is 372 cm³/mol. The molecule has 0 aliphatic carbocycles. The van der Waals surface area contributed by atoms with Crippen molar-refractivity contribution in [2.75, 3.05) is 26.4 Å². The maximum absolute atomic E-state index is 12.8.